The Balaban J connectivity index is 1.60. The van der Waals surface area contributed by atoms with E-state index in [0.29, 0.717) is 18.4 Å². The van der Waals surface area contributed by atoms with E-state index in [1.54, 1.807) is 12.1 Å². The highest BCUT2D eigenvalue weighted by atomic mass is 35.5. The monoisotopic (exact) mass is 516 g/mol. The van der Waals surface area contributed by atoms with Gasteiger partial charge in [-0.1, -0.05) is 23.7 Å². The number of benzene rings is 2. The Kier molecular flexibility index (Phi) is 7.20. The summed E-state index contributed by atoms with van der Waals surface area (Å²) in [5, 5.41) is 3.24. The summed E-state index contributed by atoms with van der Waals surface area (Å²) in [4.78, 5) is 28.3. The van der Waals surface area contributed by atoms with Crippen molar-refractivity contribution in [3.63, 3.8) is 0 Å². The molecule has 6 nitrogen and oxygen atoms in total. The normalized spacial score (nSPS) is 20.8. The Morgan fingerprint density at radius 2 is 2.00 bits per heavy atom. The molecule has 35 heavy (non-hydrogen) atoms. The Morgan fingerprint density at radius 3 is 2.63 bits per heavy atom. The maximum atomic E-state index is 14.7. The van der Waals surface area contributed by atoms with E-state index < -0.39 is 33.6 Å². The molecule has 0 unspecified atom stereocenters. The number of halogens is 2. The summed E-state index contributed by atoms with van der Waals surface area (Å²) in [7, 11) is -3.51. The SMILES string of the molecule is C#CC[C@@H]1C[C@H](C(=O)N[C@@H](c2ccc(Cl)cc2F)C2CC2)N(C(=O)c2cccc(S(C)(=O)=O)c2)C1. The van der Waals surface area contributed by atoms with Gasteiger partial charge in [-0.2, -0.15) is 0 Å². The van der Waals surface area contributed by atoms with Gasteiger partial charge in [0.15, 0.2) is 9.84 Å². The van der Waals surface area contributed by atoms with Crippen LogP contribution in [0, 0.1) is 30.0 Å². The van der Waals surface area contributed by atoms with E-state index in [4.69, 9.17) is 18.0 Å². The second kappa shape index (κ2) is 10.00. The molecule has 3 atom stereocenters. The number of sulfone groups is 1. The number of carbonyl (C=O) groups is 2. The van der Waals surface area contributed by atoms with Gasteiger partial charge in [0.1, 0.15) is 11.9 Å². The summed E-state index contributed by atoms with van der Waals surface area (Å²) in [6, 6.07) is 8.81. The van der Waals surface area contributed by atoms with Crippen molar-refractivity contribution in [1.82, 2.24) is 10.2 Å². The van der Waals surface area contributed by atoms with Crippen molar-refractivity contribution in [1.29, 1.82) is 0 Å². The number of hydrogen-bond donors (Lipinski definition) is 1. The van der Waals surface area contributed by atoms with E-state index in [1.165, 1.54) is 35.2 Å². The molecule has 0 spiro atoms. The molecule has 2 fully saturated rings. The molecular weight excluding hydrogens is 491 g/mol. The third-order valence-electron chi connectivity index (χ3n) is 6.56. The first-order valence-electron chi connectivity index (χ1n) is 11.4. The summed E-state index contributed by atoms with van der Waals surface area (Å²) < 4.78 is 38.6. The zero-order valence-electron chi connectivity index (χ0n) is 19.2. The Hall–Kier alpha value is -2.89. The fourth-order valence-corrected chi connectivity index (χ4v) is 5.44. The third-order valence-corrected chi connectivity index (χ3v) is 7.90. The van der Waals surface area contributed by atoms with E-state index in [9.17, 15) is 22.4 Å². The van der Waals surface area contributed by atoms with Crippen molar-refractivity contribution >= 4 is 33.3 Å². The third kappa shape index (κ3) is 5.68. The molecule has 0 radical (unpaired) electrons. The van der Waals surface area contributed by atoms with Gasteiger partial charge in [-0.25, -0.2) is 12.8 Å². The Bertz CT molecular complexity index is 1300. The molecule has 2 aliphatic rings. The van der Waals surface area contributed by atoms with Crippen molar-refractivity contribution in [2.75, 3.05) is 12.8 Å². The van der Waals surface area contributed by atoms with Crippen LogP contribution in [0.2, 0.25) is 5.02 Å². The van der Waals surface area contributed by atoms with Gasteiger partial charge in [-0.15, -0.1) is 12.3 Å². The minimum atomic E-state index is -3.51. The first-order valence-corrected chi connectivity index (χ1v) is 13.6. The summed E-state index contributed by atoms with van der Waals surface area (Å²) >= 11 is 5.90. The number of amides is 2. The van der Waals surface area contributed by atoms with Crippen molar-refractivity contribution in [2.45, 2.75) is 42.7 Å². The number of nitrogens with one attached hydrogen (secondary N) is 1. The lowest BCUT2D eigenvalue weighted by atomic mass is 9.99. The Labute approximate surface area is 209 Å². The van der Waals surface area contributed by atoms with Gasteiger partial charge in [0.05, 0.1) is 10.9 Å². The largest absolute Gasteiger partial charge is 0.347 e. The molecule has 1 heterocycles. The van der Waals surface area contributed by atoms with Crippen LogP contribution in [0.5, 0.6) is 0 Å². The quantitative estimate of drug-likeness (QED) is 0.564. The van der Waals surface area contributed by atoms with Crippen LogP contribution >= 0.6 is 11.6 Å². The average molecular weight is 517 g/mol. The maximum Gasteiger partial charge on any atom is 0.254 e. The van der Waals surface area contributed by atoms with Gasteiger partial charge in [-0.05, 0) is 61.4 Å². The molecule has 2 aromatic carbocycles. The van der Waals surface area contributed by atoms with Crippen LogP contribution in [-0.2, 0) is 14.6 Å². The standard InChI is InChI=1S/C26H26ClFN2O4S/c1-3-5-16-12-23(30(15-16)26(32)18-6-4-7-20(13-18)35(2,33)34)25(31)29-24(17-8-9-17)21-11-10-19(27)14-22(21)28/h1,4,6-7,10-11,13-14,16-17,23-24H,5,8-9,12,15H2,2H3,(H,29,31)/t16-,23-,24-/m1/s1. The zero-order chi connectivity index (χ0) is 25.3. The summed E-state index contributed by atoms with van der Waals surface area (Å²) in [5.74, 6) is 1.30. The molecule has 184 valence electrons. The molecule has 1 saturated carbocycles. The van der Waals surface area contributed by atoms with Crippen LogP contribution in [0.4, 0.5) is 4.39 Å². The second-order valence-corrected chi connectivity index (χ2v) is 11.7. The predicted molar refractivity (Wildman–Crippen MR) is 131 cm³/mol. The molecule has 1 N–H and O–H groups in total. The summed E-state index contributed by atoms with van der Waals surface area (Å²) in [6.45, 7) is 0.271. The molecule has 2 aromatic rings. The number of nitrogens with zero attached hydrogens (tertiary/aromatic N) is 1. The van der Waals surface area contributed by atoms with E-state index in [2.05, 4.69) is 11.2 Å². The van der Waals surface area contributed by atoms with Crippen molar-refractivity contribution < 1.29 is 22.4 Å². The van der Waals surface area contributed by atoms with E-state index in [0.717, 1.165) is 19.1 Å². The van der Waals surface area contributed by atoms with Gasteiger partial charge in [0, 0.05) is 35.4 Å². The van der Waals surface area contributed by atoms with Crippen LogP contribution in [-0.4, -0.2) is 44.0 Å². The van der Waals surface area contributed by atoms with Gasteiger partial charge < -0.3 is 10.2 Å². The zero-order valence-corrected chi connectivity index (χ0v) is 20.8. The highest BCUT2D eigenvalue weighted by Gasteiger charge is 2.42. The fraction of sp³-hybridized carbons (Fsp3) is 0.385. The minimum Gasteiger partial charge on any atom is -0.347 e. The highest BCUT2D eigenvalue weighted by Crippen LogP contribution is 2.42. The molecule has 2 amide bonds. The van der Waals surface area contributed by atoms with Gasteiger partial charge in [0.2, 0.25) is 5.91 Å². The lowest BCUT2D eigenvalue weighted by Crippen LogP contribution is -2.47. The minimum absolute atomic E-state index is 0.0238. The topological polar surface area (TPSA) is 83.6 Å². The smallest absolute Gasteiger partial charge is 0.254 e. The fourth-order valence-electron chi connectivity index (χ4n) is 4.62. The summed E-state index contributed by atoms with van der Waals surface area (Å²) in [5.41, 5.74) is 0.539. The summed E-state index contributed by atoms with van der Waals surface area (Å²) in [6.07, 6.45) is 9.05. The second-order valence-electron chi connectivity index (χ2n) is 9.27. The predicted octanol–water partition coefficient (Wildman–Crippen LogP) is 4.00. The van der Waals surface area contributed by atoms with Gasteiger partial charge >= 0.3 is 0 Å². The number of terminal acetylenes is 1. The van der Waals surface area contributed by atoms with Gasteiger partial charge in [-0.3, -0.25) is 9.59 Å². The highest BCUT2D eigenvalue weighted by molar-refractivity contribution is 7.90. The molecule has 9 heteroatoms. The first-order chi connectivity index (χ1) is 16.6. The van der Waals surface area contributed by atoms with E-state index in [1.807, 2.05) is 0 Å². The lowest BCUT2D eigenvalue weighted by Gasteiger charge is -2.27. The van der Waals surface area contributed by atoms with E-state index in [-0.39, 0.29) is 39.8 Å². The molecule has 0 aromatic heterocycles. The molecule has 0 bridgehead atoms. The van der Waals surface area contributed by atoms with Crippen LogP contribution in [0.3, 0.4) is 0 Å². The first kappa shape index (κ1) is 25.2. The maximum absolute atomic E-state index is 14.7. The van der Waals surface area contributed by atoms with Gasteiger partial charge in [0.25, 0.3) is 5.91 Å². The number of carbonyl (C=O) groups excluding carboxylic acids is 2. The molecular formula is C26H26ClFN2O4S. The van der Waals surface area contributed by atoms with Crippen LogP contribution < -0.4 is 5.32 Å². The van der Waals surface area contributed by atoms with Crippen molar-refractivity contribution in [3.05, 3.63) is 64.4 Å². The number of likely N-dealkylation sites (tertiary alicyclic amines) is 1. The van der Waals surface area contributed by atoms with Crippen molar-refractivity contribution in [3.8, 4) is 12.3 Å². The van der Waals surface area contributed by atoms with E-state index >= 15 is 0 Å². The average Bonchev–Trinajstić information content (AvgIpc) is 3.56. The van der Waals surface area contributed by atoms with Crippen LogP contribution in [0.1, 0.15) is 47.6 Å². The van der Waals surface area contributed by atoms with Crippen LogP contribution in [0.25, 0.3) is 0 Å². The molecule has 1 aliphatic carbocycles. The number of hydrogen-bond acceptors (Lipinski definition) is 4. The molecule has 1 aliphatic heterocycles. The number of rotatable bonds is 7. The van der Waals surface area contributed by atoms with Crippen molar-refractivity contribution in [2.24, 2.45) is 11.8 Å². The molecule has 1 saturated heterocycles. The molecule has 4 rings (SSSR count). The lowest BCUT2D eigenvalue weighted by molar-refractivity contribution is -0.125. The van der Waals surface area contributed by atoms with Crippen LogP contribution in [0.15, 0.2) is 47.4 Å². The Morgan fingerprint density at radius 1 is 1.26 bits per heavy atom.